The van der Waals surface area contributed by atoms with Gasteiger partial charge >= 0.3 is 5.91 Å². The minimum atomic E-state index is -0.475. The predicted octanol–water partition coefficient (Wildman–Crippen LogP) is 2.54. The Hall–Kier alpha value is -1.99. The van der Waals surface area contributed by atoms with Crippen LogP contribution >= 0.6 is 15.9 Å². The smallest absolute Gasteiger partial charge is 0.301 e. The first kappa shape index (κ1) is 15.4. The van der Waals surface area contributed by atoms with E-state index in [1.54, 1.807) is 26.2 Å². The van der Waals surface area contributed by atoms with E-state index in [4.69, 9.17) is 19.7 Å². The number of halogens is 1. The van der Waals surface area contributed by atoms with E-state index < -0.39 is 5.91 Å². The highest BCUT2D eigenvalue weighted by Crippen LogP contribution is 2.35. The average molecular weight is 355 g/mol. The van der Waals surface area contributed by atoms with E-state index in [2.05, 4.69) is 15.9 Å². The van der Waals surface area contributed by atoms with Crippen LogP contribution in [0.1, 0.15) is 21.9 Å². The third kappa shape index (κ3) is 3.37. The number of nitrogens with two attached hydrogens (primary N) is 1. The molecule has 6 nitrogen and oxygen atoms in total. The zero-order valence-electron chi connectivity index (χ0n) is 11.6. The lowest BCUT2D eigenvalue weighted by atomic mass is 10.2. The van der Waals surface area contributed by atoms with Crippen LogP contribution in [0.4, 0.5) is 0 Å². The van der Waals surface area contributed by atoms with E-state index in [1.165, 1.54) is 0 Å². The Bertz CT molecular complexity index is 654. The highest BCUT2D eigenvalue weighted by molar-refractivity contribution is 9.10. The van der Waals surface area contributed by atoms with Gasteiger partial charge in [0.25, 0.3) is 0 Å². The summed E-state index contributed by atoms with van der Waals surface area (Å²) in [5.41, 5.74) is 2.73. The van der Waals surface area contributed by atoms with Crippen LogP contribution < -0.4 is 20.7 Å². The summed E-state index contributed by atoms with van der Waals surface area (Å²) in [6.45, 7) is 1.92. The van der Waals surface area contributed by atoms with Gasteiger partial charge in [-0.3, -0.25) is 10.2 Å². The van der Waals surface area contributed by atoms with Crippen molar-refractivity contribution in [2.24, 2.45) is 5.84 Å². The molecule has 0 atom stereocenters. The van der Waals surface area contributed by atoms with E-state index in [1.807, 2.05) is 17.6 Å². The standard InChI is InChI=1S/C14H15BrN2O4/c1-8-6-9(21-12(8)14(18)17-16)7-20-13-10(15)4-3-5-11(13)19-2/h3-6H,7,16H2,1-2H3,(H,17,18). The van der Waals surface area contributed by atoms with Crippen molar-refractivity contribution in [3.8, 4) is 11.5 Å². The molecular formula is C14H15BrN2O4. The van der Waals surface area contributed by atoms with Crippen molar-refractivity contribution in [3.63, 3.8) is 0 Å². The molecule has 0 aliphatic rings. The molecule has 21 heavy (non-hydrogen) atoms. The number of carbonyl (C=O) groups excluding carboxylic acids is 1. The summed E-state index contributed by atoms with van der Waals surface area (Å²) in [7, 11) is 1.56. The number of amides is 1. The third-order valence-corrected chi connectivity index (χ3v) is 3.44. The fraction of sp³-hybridized carbons (Fsp3) is 0.214. The second-order valence-electron chi connectivity index (χ2n) is 4.26. The number of hydrogen-bond acceptors (Lipinski definition) is 5. The Labute approximate surface area is 130 Å². The predicted molar refractivity (Wildman–Crippen MR) is 80.1 cm³/mol. The minimum Gasteiger partial charge on any atom is -0.493 e. The average Bonchev–Trinajstić information content (AvgIpc) is 2.86. The van der Waals surface area contributed by atoms with E-state index in [9.17, 15) is 4.79 Å². The van der Waals surface area contributed by atoms with Gasteiger partial charge in [-0.15, -0.1) is 0 Å². The Kier molecular flexibility index (Phi) is 4.87. The van der Waals surface area contributed by atoms with Crippen LogP contribution in [0, 0.1) is 6.92 Å². The number of ether oxygens (including phenoxy) is 2. The molecule has 2 rings (SSSR count). The van der Waals surface area contributed by atoms with E-state index in [-0.39, 0.29) is 12.4 Å². The molecule has 0 aliphatic heterocycles. The van der Waals surface area contributed by atoms with Gasteiger partial charge in [0, 0.05) is 5.56 Å². The highest BCUT2D eigenvalue weighted by Gasteiger charge is 2.16. The van der Waals surface area contributed by atoms with Crippen LogP contribution in [-0.2, 0) is 6.61 Å². The molecule has 112 valence electrons. The summed E-state index contributed by atoms with van der Waals surface area (Å²) in [5.74, 6) is 6.48. The van der Waals surface area contributed by atoms with Crippen molar-refractivity contribution in [2.45, 2.75) is 13.5 Å². The lowest BCUT2D eigenvalue weighted by Crippen LogP contribution is -2.30. The van der Waals surface area contributed by atoms with Crippen molar-refractivity contribution in [3.05, 3.63) is 45.8 Å². The molecule has 0 fully saturated rings. The largest absolute Gasteiger partial charge is 0.493 e. The molecular weight excluding hydrogens is 340 g/mol. The lowest BCUT2D eigenvalue weighted by Gasteiger charge is -2.11. The molecule has 1 aromatic heterocycles. The molecule has 0 unspecified atom stereocenters. The van der Waals surface area contributed by atoms with Gasteiger partial charge in [-0.25, -0.2) is 5.84 Å². The number of hydrogen-bond donors (Lipinski definition) is 2. The molecule has 0 spiro atoms. The lowest BCUT2D eigenvalue weighted by molar-refractivity contribution is 0.0921. The van der Waals surface area contributed by atoms with Gasteiger partial charge in [-0.2, -0.15) is 0 Å². The summed E-state index contributed by atoms with van der Waals surface area (Å²) < 4.78 is 17.1. The van der Waals surface area contributed by atoms with Crippen molar-refractivity contribution in [2.75, 3.05) is 7.11 Å². The number of furan rings is 1. The second kappa shape index (κ2) is 6.64. The summed E-state index contributed by atoms with van der Waals surface area (Å²) in [6.07, 6.45) is 0. The van der Waals surface area contributed by atoms with Gasteiger partial charge in [0.15, 0.2) is 17.3 Å². The van der Waals surface area contributed by atoms with Crippen LogP contribution in [0.15, 0.2) is 33.2 Å². The number of nitrogens with one attached hydrogen (secondary N) is 1. The molecule has 2 aromatic rings. The van der Waals surface area contributed by atoms with Crippen LogP contribution in [-0.4, -0.2) is 13.0 Å². The summed E-state index contributed by atoms with van der Waals surface area (Å²) in [6, 6.07) is 7.21. The first-order valence-electron chi connectivity index (χ1n) is 6.12. The number of rotatable bonds is 5. The molecule has 1 aromatic carbocycles. The van der Waals surface area contributed by atoms with Crippen molar-refractivity contribution >= 4 is 21.8 Å². The van der Waals surface area contributed by atoms with Gasteiger partial charge in [0.1, 0.15) is 12.4 Å². The Morgan fingerprint density at radius 1 is 1.48 bits per heavy atom. The molecule has 0 aliphatic carbocycles. The first-order valence-corrected chi connectivity index (χ1v) is 6.91. The molecule has 0 saturated heterocycles. The van der Waals surface area contributed by atoms with Gasteiger partial charge in [0.05, 0.1) is 11.6 Å². The SMILES string of the molecule is COc1cccc(Br)c1OCc1cc(C)c(C(=O)NN)o1. The van der Waals surface area contributed by atoms with E-state index in [0.29, 0.717) is 22.8 Å². The van der Waals surface area contributed by atoms with Gasteiger partial charge in [-0.1, -0.05) is 6.07 Å². The fourth-order valence-electron chi connectivity index (χ4n) is 1.84. The Balaban J connectivity index is 2.16. The number of aryl methyl sites for hydroxylation is 1. The van der Waals surface area contributed by atoms with Gasteiger partial charge < -0.3 is 13.9 Å². The fourth-order valence-corrected chi connectivity index (χ4v) is 2.31. The third-order valence-electron chi connectivity index (χ3n) is 2.82. The zero-order chi connectivity index (χ0) is 15.4. The van der Waals surface area contributed by atoms with E-state index in [0.717, 1.165) is 4.47 Å². The van der Waals surface area contributed by atoms with Gasteiger partial charge in [0.2, 0.25) is 0 Å². The van der Waals surface area contributed by atoms with Crippen LogP contribution in [0.3, 0.4) is 0 Å². The normalized spacial score (nSPS) is 10.3. The summed E-state index contributed by atoms with van der Waals surface area (Å²) in [4.78, 5) is 11.5. The molecule has 1 heterocycles. The quantitative estimate of drug-likeness (QED) is 0.489. The molecule has 1 amide bonds. The summed E-state index contributed by atoms with van der Waals surface area (Å²) in [5, 5.41) is 0. The van der Waals surface area contributed by atoms with Crippen molar-refractivity contribution in [1.29, 1.82) is 0 Å². The van der Waals surface area contributed by atoms with Crippen molar-refractivity contribution in [1.82, 2.24) is 5.43 Å². The number of nitrogen functional groups attached to an aromatic ring is 1. The topological polar surface area (TPSA) is 86.7 Å². The molecule has 3 N–H and O–H groups in total. The molecule has 0 radical (unpaired) electrons. The highest BCUT2D eigenvalue weighted by atomic mass is 79.9. The molecule has 7 heteroatoms. The maximum atomic E-state index is 11.5. The second-order valence-corrected chi connectivity index (χ2v) is 5.11. The zero-order valence-corrected chi connectivity index (χ0v) is 13.2. The molecule has 0 bridgehead atoms. The Morgan fingerprint density at radius 3 is 2.90 bits per heavy atom. The first-order chi connectivity index (χ1) is 10.1. The Morgan fingerprint density at radius 2 is 2.24 bits per heavy atom. The molecule has 0 saturated carbocycles. The van der Waals surface area contributed by atoms with Crippen LogP contribution in [0.2, 0.25) is 0 Å². The van der Waals surface area contributed by atoms with Gasteiger partial charge in [-0.05, 0) is 41.1 Å². The number of carbonyl (C=O) groups is 1. The maximum Gasteiger partial charge on any atom is 0.301 e. The monoisotopic (exact) mass is 354 g/mol. The van der Waals surface area contributed by atoms with Crippen LogP contribution in [0.25, 0.3) is 0 Å². The van der Waals surface area contributed by atoms with E-state index >= 15 is 0 Å². The number of benzene rings is 1. The summed E-state index contributed by atoms with van der Waals surface area (Å²) >= 11 is 3.40. The number of para-hydroxylation sites is 1. The number of methoxy groups -OCH3 is 1. The van der Waals surface area contributed by atoms with Crippen LogP contribution in [0.5, 0.6) is 11.5 Å². The maximum absolute atomic E-state index is 11.5. The van der Waals surface area contributed by atoms with Crippen molar-refractivity contribution < 1.29 is 18.7 Å². The number of hydrazine groups is 1. The minimum absolute atomic E-state index is 0.164.